The van der Waals surface area contributed by atoms with Gasteiger partial charge in [0.1, 0.15) is 6.10 Å². The van der Waals surface area contributed by atoms with Crippen molar-refractivity contribution in [1.82, 2.24) is 9.55 Å². The highest BCUT2D eigenvalue weighted by Gasteiger charge is 2.36. The smallest absolute Gasteiger partial charge is 0.331 e. The SMILES string of the molecule is O=c1[nH]c(=O)n([C@@H]2O[C@H](CO)C(O)=C2O)cc1F. The first-order valence-electron chi connectivity index (χ1n) is 4.85. The molecule has 98 valence electrons. The minimum atomic E-state index is -1.50. The second-order valence-electron chi connectivity index (χ2n) is 3.57. The van der Waals surface area contributed by atoms with Crippen LogP contribution in [0.1, 0.15) is 6.23 Å². The lowest BCUT2D eigenvalue weighted by atomic mass is 10.3. The molecule has 0 aliphatic carbocycles. The van der Waals surface area contributed by atoms with E-state index in [1.165, 1.54) is 0 Å². The number of hydrogen-bond donors (Lipinski definition) is 4. The predicted octanol–water partition coefficient (Wildman–Crippen LogP) is -1.11. The lowest BCUT2D eigenvalue weighted by Crippen LogP contribution is -2.35. The van der Waals surface area contributed by atoms with Crippen molar-refractivity contribution in [2.45, 2.75) is 12.3 Å². The lowest BCUT2D eigenvalue weighted by molar-refractivity contribution is -0.0372. The number of H-pyrrole nitrogens is 1. The zero-order valence-corrected chi connectivity index (χ0v) is 8.83. The Morgan fingerprint density at radius 2 is 2.06 bits per heavy atom. The minimum absolute atomic E-state index is 0.537. The van der Waals surface area contributed by atoms with Crippen LogP contribution in [0, 0.1) is 5.82 Å². The second kappa shape index (κ2) is 4.27. The molecule has 18 heavy (non-hydrogen) atoms. The van der Waals surface area contributed by atoms with E-state index in [1.54, 1.807) is 4.98 Å². The Balaban J connectivity index is 2.50. The molecule has 1 aliphatic rings. The molecule has 1 aromatic heterocycles. The van der Waals surface area contributed by atoms with Crippen LogP contribution in [0.4, 0.5) is 4.39 Å². The molecule has 8 nitrogen and oxygen atoms in total. The van der Waals surface area contributed by atoms with E-state index in [9.17, 15) is 24.2 Å². The molecule has 0 bridgehead atoms. The van der Waals surface area contributed by atoms with Crippen LogP contribution in [0.25, 0.3) is 0 Å². The number of aliphatic hydroxyl groups excluding tert-OH is 3. The minimum Gasteiger partial charge on any atom is -0.506 e. The molecule has 1 aliphatic heterocycles. The first kappa shape index (κ1) is 12.3. The van der Waals surface area contributed by atoms with Crippen molar-refractivity contribution in [2.24, 2.45) is 0 Å². The standard InChI is InChI=1S/C9H9FN2O6/c10-3-1-12(9(17)11-7(3)16)8-6(15)5(14)4(2-13)18-8/h1,4,8,13-15H,2H2,(H,11,16,17)/t4-,8-/m1/s1. The van der Waals surface area contributed by atoms with Crippen molar-refractivity contribution in [3.8, 4) is 0 Å². The summed E-state index contributed by atoms with van der Waals surface area (Å²) in [4.78, 5) is 23.9. The highest BCUT2D eigenvalue weighted by molar-refractivity contribution is 5.14. The summed E-state index contributed by atoms with van der Waals surface area (Å²) in [7, 11) is 0. The fourth-order valence-electron chi connectivity index (χ4n) is 1.54. The van der Waals surface area contributed by atoms with Crippen LogP contribution in [0.15, 0.2) is 27.3 Å². The van der Waals surface area contributed by atoms with Crippen LogP contribution in [-0.4, -0.2) is 37.6 Å². The molecular weight excluding hydrogens is 251 g/mol. The van der Waals surface area contributed by atoms with Crippen molar-refractivity contribution >= 4 is 0 Å². The van der Waals surface area contributed by atoms with Gasteiger partial charge in [0.2, 0.25) is 5.82 Å². The van der Waals surface area contributed by atoms with Crippen molar-refractivity contribution in [3.63, 3.8) is 0 Å². The molecule has 0 saturated carbocycles. The fraction of sp³-hybridized carbons (Fsp3) is 0.333. The Hall–Kier alpha value is -2.13. The Morgan fingerprint density at radius 1 is 1.39 bits per heavy atom. The van der Waals surface area contributed by atoms with Gasteiger partial charge < -0.3 is 20.1 Å². The summed E-state index contributed by atoms with van der Waals surface area (Å²) in [5.74, 6) is -2.64. The van der Waals surface area contributed by atoms with E-state index in [-0.39, 0.29) is 0 Å². The van der Waals surface area contributed by atoms with E-state index in [0.29, 0.717) is 10.8 Å². The van der Waals surface area contributed by atoms with E-state index in [1.807, 2.05) is 0 Å². The maximum Gasteiger partial charge on any atom is 0.331 e. The summed E-state index contributed by atoms with van der Waals surface area (Å²) < 4.78 is 18.5. The summed E-state index contributed by atoms with van der Waals surface area (Å²) in [5.41, 5.74) is -2.23. The normalized spacial score (nSPS) is 23.7. The summed E-state index contributed by atoms with van der Waals surface area (Å²) in [5, 5.41) is 27.7. The Kier molecular flexibility index (Phi) is 2.93. The monoisotopic (exact) mass is 260 g/mol. The zero-order valence-electron chi connectivity index (χ0n) is 8.83. The average molecular weight is 260 g/mol. The van der Waals surface area contributed by atoms with E-state index < -0.39 is 47.5 Å². The van der Waals surface area contributed by atoms with Gasteiger partial charge in [-0.3, -0.25) is 14.3 Å². The van der Waals surface area contributed by atoms with Gasteiger partial charge in [-0.1, -0.05) is 0 Å². The van der Waals surface area contributed by atoms with Crippen molar-refractivity contribution in [3.05, 3.63) is 44.4 Å². The highest BCUT2D eigenvalue weighted by atomic mass is 19.1. The Bertz CT molecular complexity index is 618. The van der Waals surface area contributed by atoms with Gasteiger partial charge in [0, 0.05) is 0 Å². The van der Waals surface area contributed by atoms with Crippen molar-refractivity contribution in [1.29, 1.82) is 0 Å². The van der Waals surface area contributed by atoms with Crippen molar-refractivity contribution < 1.29 is 24.4 Å². The van der Waals surface area contributed by atoms with Crippen LogP contribution in [0.5, 0.6) is 0 Å². The summed E-state index contributed by atoms with van der Waals surface area (Å²) in [6.45, 7) is -0.632. The first-order valence-corrected chi connectivity index (χ1v) is 4.85. The van der Waals surface area contributed by atoms with Crippen LogP contribution >= 0.6 is 0 Å². The van der Waals surface area contributed by atoms with Crippen LogP contribution in [-0.2, 0) is 4.74 Å². The van der Waals surface area contributed by atoms with Gasteiger partial charge in [0.05, 0.1) is 12.8 Å². The van der Waals surface area contributed by atoms with E-state index in [2.05, 4.69) is 0 Å². The molecule has 1 aromatic rings. The van der Waals surface area contributed by atoms with E-state index in [0.717, 1.165) is 0 Å². The molecule has 0 spiro atoms. The number of ether oxygens (including phenoxy) is 1. The van der Waals surface area contributed by atoms with Gasteiger partial charge in [-0.25, -0.2) is 4.79 Å². The van der Waals surface area contributed by atoms with Gasteiger partial charge in [-0.05, 0) is 0 Å². The molecule has 0 aromatic carbocycles. The molecule has 0 fully saturated rings. The van der Waals surface area contributed by atoms with Gasteiger partial charge >= 0.3 is 5.69 Å². The van der Waals surface area contributed by atoms with Crippen LogP contribution in [0.2, 0.25) is 0 Å². The fourth-order valence-corrected chi connectivity index (χ4v) is 1.54. The van der Waals surface area contributed by atoms with Gasteiger partial charge in [0.25, 0.3) is 5.56 Å². The number of rotatable bonds is 2. The van der Waals surface area contributed by atoms with E-state index in [4.69, 9.17) is 9.84 Å². The zero-order chi connectivity index (χ0) is 13.4. The third-order valence-corrected chi connectivity index (χ3v) is 2.44. The maximum absolute atomic E-state index is 13.0. The summed E-state index contributed by atoms with van der Waals surface area (Å²) in [6.07, 6.45) is -2.17. The molecule has 9 heteroatoms. The third-order valence-electron chi connectivity index (χ3n) is 2.44. The summed E-state index contributed by atoms with van der Waals surface area (Å²) in [6, 6.07) is 0. The number of hydrogen-bond acceptors (Lipinski definition) is 6. The number of aromatic nitrogens is 2. The molecule has 0 radical (unpaired) electrons. The first-order chi connectivity index (χ1) is 8.45. The Labute approximate surface area is 98.2 Å². The van der Waals surface area contributed by atoms with Crippen LogP contribution in [0.3, 0.4) is 0 Å². The molecule has 4 N–H and O–H groups in total. The quantitative estimate of drug-likeness (QED) is 0.534. The molecule has 0 unspecified atom stereocenters. The molecule has 2 rings (SSSR count). The van der Waals surface area contributed by atoms with Gasteiger partial charge in [0.15, 0.2) is 17.7 Å². The highest BCUT2D eigenvalue weighted by Crippen LogP contribution is 2.29. The molecular formula is C9H9FN2O6. The maximum atomic E-state index is 13.0. The molecule has 2 heterocycles. The number of nitrogens with one attached hydrogen (secondary N) is 1. The van der Waals surface area contributed by atoms with E-state index >= 15 is 0 Å². The number of halogens is 1. The molecule has 2 atom stereocenters. The predicted molar refractivity (Wildman–Crippen MR) is 54.6 cm³/mol. The average Bonchev–Trinajstić information content (AvgIpc) is 2.61. The second-order valence-corrected chi connectivity index (χ2v) is 3.57. The number of aromatic amines is 1. The number of aliphatic hydroxyl groups is 3. The molecule has 0 saturated heterocycles. The topological polar surface area (TPSA) is 125 Å². The van der Waals surface area contributed by atoms with Crippen LogP contribution < -0.4 is 11.2 Å². The summed E-state index contributed by atoms with van der Waals surface area (Å²) >= 11 is 0. The largest absolute Gasteiger partial charge is 0.506 e. The third kappa shape index (κ3) is 1.79. The van der Waals surface area contributed by atoms with Crippen molar-refractivity contribution in [2.75, 3.05) is 6.61 Å². The molecule has 0 amide bonds. The lowest BCUT2D eigenvalue weighted by Gasteiger charge is -2.14. The van der Waals surface area contributed by atoms with Gasteiger partial charge in [-0.2, -0.15) is 4.39 Å². The Morgan fingerprint density at radius 3 is 2.61 bits per heavy atom. The van der Waals surface area contributed by atoms with Gasteiger partial charge in [-0.15, -0.1) is 0 Å². The number of nitrogens with zero attached hydrogens (tertiary/aromatic N) is 1.